The molecule has 0 aliphatic heterocycles. The molecule has 0 saturated carbocycles. The number of ether oxygens (including phenoxy) is 2. The van der Waals surface area contributed by atoms with Crippen LogP contribution in [0.4, 0.5) is 9.80 Å². The highest BCUT2D eigenvalue weighted by Gasteiger charge is 2.23. The number of amides is 1. The molecule has 1 amide bonds. The number of aromatic nitrogens is 2. The van der Waals surface area contributed by atoms with Crippen molar-refractivity contribution in [3.05, 3.63) is 50.7 Å². The molecule has 2 aromatic heterocycles. The van der Waals surface area contributed by atoms with Gasteiger partial charge in [-0.2, -0.15) is 9.78 Å². The van der Waals surface area contributed by atoms with Crippen molar-refractivity contribution in [3.63, 3.8) is 0 Å². The number of thiophene rings is 1. The van der Waals surface area contributed by atoms with Crippen LogP contribution in [0.1, 0.15) is 24.3 Å². The highest BCUT2D eigenvalue weighted by atomic mass is 35.5. The first-order valence-electron chi connectivity index (χ1n) is 8.37. The first-order valence-corrected chi connectivity index (χ1v) is 9.63. The SMILES string of the molecule is CCOC(=O)Nc1scc2c(C(=O)OCC)nn(-c3ccc(Cl)cc3)c(=O)c12. The fraction of sp³-hybridized carbons (Fsp3) is 0.222. The highest BCUT2D eigenvalue weighted by molar-refractivity contribution is 7.16. The Bertz CT molecular complexity index is 1090. The third-order valence-corrected chi connectivity index (χ3v) is 4.83. The van der Waals surface area contributed by atoms with Gasteiger partial charge >= 0.3 is 12.1 Å². The van der Waals surface area contributed by atoms with E-state index < -0.39 is 17.6 Å². The van der Waals surface area contributed by atoms with E-state index in [0.717, 1.165) is 16.0 Å². The zero-order valence-corrected chi connectivity index (χ0v) is 16.6. The summed E-state index contributed by atoms with van der Waals surface area (Å²) in [5.41, 5.74) is -0.117. The fourth-order valence-corrected chi connectivity index (χ4v) is 3.56. The van der Waals surface area contributed by atoms with E-state index in [1.165, 1.54) is 0 Å². The van der Waals surface area contributed by atoms with Gasteiger partial charge in [-0.25, -0.2) is 9.59 Å². The maximum Gasteiger partial charge on any atom is 0.412 e. The van der Waals surface area contributed by atoms with Crippen molar-refractivity contribution < 1.29 is 19.1 Å². The summed E-state index contributed by atoms with van der Waals surface area (Å²) < 4.78 is 11.0. The molecule has 146 valence electrons. The monoisotopic (exact) mass is 421 g/mol. The van der Waals surface area contributed by atoms with Crippen LogP contribution in [-0.4, -0.2) is 35.1 Å². The molecule has 1 aromatic carbocycles. The van der Waals surface area contributed by atoms with Crippen LogP contribution in [0.5, 0.6) is 0 Å². The number of hydrogen-bond donors (Lipinski definition) is 1. The molecule has 3 rings (SSSR count). The maximum atomic E-state index is 13.1. The van der Waals surface area contributed by atoms with Crippen molar-refractivity contribution in [2.75, 3.05) is 18.5 Å². The Balaban J connectivity index is 2.24. The van der Waals surface area contributed by atoms with Crippen LogP contribution >= 0.6 is 22.9 Å². The van der Waals surface area contributed by atoms with Gasteiger partial charge in [0.25, 0.3) is 5.56 Å². The zero-order valence-electron chi connectivity index (χ0n) is 15.0. The number of benzene rings is 1. The van der Waals surface area contributed by atoms with Gasteiger partial charge in [-0.3, -0.25) is 10.1 Å². The van der Waals surface area contributed by atoms with E-state index in [1.807, 2.05) is 0 Å². The lowest BCUT2D eigenvalue weighted by Gasteiger charge is -2.10. The molecule has 0 aliphatic carbocycles. The molecule has 28 heavy (non-hydrogen) atoms. The lowest BCUT2D eigenvalue weighted by Crippen LogP contribution is -2.25. The van der Waals surface area contributed by atoms with Gasteiger partial charge in [-0.05, 0) is 38.1 Å². The molecular formula is C18H16ClN3O5S. The summed E-state index contributed by atoms with van der Waals surface area (Å²) in [5, 5.41) is 9.49. The van der Waals surface area contributed by atoms with E-state index in [9.17, 15) is 14.4 Å². The number of nitrogens with zero attached hydrogens (tertiary/aromatic N) is 2. The first kappa shape index (κ1) is 19.8. The molecule has 3 aromatic rings. The van der Waals surface area contributed by atoms with E-state index >= 15 is 0 Å². The van der Waals surface area contributed by atoms with Gasteiger partial charge in [0.2, 0.25) is 0 Å². The molecule has 2 heterocycles. The Hall–Kier alpha value is -2.91. The van der Waals surface area contributed by atoms with Crippen molar-refractivity contribution in [2.45, 2.75) is 13.8 Å². The highest BCUT2D eigenvalue weighted by Crippen LogP contribution is 2.30. The Morgan fingerprint density at radius 3 is 2.50 bits per heavy atom. The number of nitrogens with one attached hydrogen (secondary N) is 1. The minimum absolute atomic E-state index is 0.0282. The number of rotatable bonds is 5. The quantitative estimate of drug-likeness (QED) is 0.628. The third-order valence-electron chi connectivity index (χ3n) is 3.68. The standard InChI is InChI=1S/C18H16ClN3O5S/c1-3-26-17(24)14-12-9-28-15(20-18(25)27-4-2)13(12)16(23)22(21-14)11-7-5-10(19)6-8-11/h5-9H,3-4H2,1-2H3,(H,20,25). The normalized spacial score (nSPS) is 10.7. The minimum atomic E-state index is -0.696. The summed E-state index contributed by atoms with van der Waals surface area (Å²) in [6, 6.07) is 6.40. The number of fused-ring (bicyclic) bond motifs is 1. The third kappa shape index (κ3) is 3.85. The molecule has 0 bridgehead atoms. The molecule has 0 fully saturated rings. The van der Waals surface area contributed by atoms with Gasteiger partial charge in [-0.15, -0.1) is 11.3 Å². The number of halogens is 1. The summed E-state index contributed by atoms with van der Waals surface area (Å²) in [6.45, 7) is 3.67. The van der Waals surface area contributed by atoms with Crippen LogP contribution < -0.4 is 10.9 Å². The Morgan fingerprint density at radius 2 is 1.86 bits per heavy atom. The van der Waals surface area contributed by atoms with E-state index in [-0.39, 0.29) is 29.3 Å². The van der Waals surface area contributed by atoms with Gasteiger partial charge in [0.05, 0.1) is 24.3 Å². The van der Waals surface area contributed by atoms with E-state index in [1.54, 1.807) is 43.5 Å². The van der Waals surface area contributed by atoms with Crippen LogP contribution in [0.2, 0.25) is 5.02 Å². The Labute approximate surface area is 168 Å². The molecule has 0 unspecified atom stereocenters. The molecule has 10 heteroatoms. The smallest absolute Gasteiger partial charge is 0.412 e. The molecule has 0 spiro atoms. The maximum absolute atomic E-state index is 13.1. The molecule has 0 saturated heterocycles. The largest absolute Gasteiger partial charge is 0.461 e. The second-order valence-corrected chi connectivity index (χ2v) is 6.78. The number of carbonyl (C=O) groups excluding carboxylic acids is 2. The van der Waals surface area contributed by atoms with Crippen LogP contribution in [0.25, 0.3) is 16.5 Å². The van der Waals surface area contributed by atoms with Gasteiger partial charge < -0.3 is 9.47 Å². The summed E-state index contributed by atoms with van der Waals surface area (Å²) in [5.74, 6) is -0.671. The van der Waals surface area contributed by atoms with Crippen molar-refractivity contribution in [1.82, 2.24) is 9.78 Å². The van der Waals surface area contributed by atoms with Crippen molar-refractivity contribution in [3.8, 4) is 5.69 Å². The number of esters is 1. The minimum Gasteiger partial charge on any atom is -0.461 e. The van der Waals surface area contributed by atoms with Gasteiger partial charge in [0.15, 0.2) is 5.69 Å². The first-order chi connectivity index (χ1) is 13.5. The lowest BCUT2D eigenvalue weighted by molar-refractivity contribution is 0.0520. The van der Waals surface area contributed by atoms with Crippen molar-refractivity contribution in [1.29, 1.82) is 0 Å². The number of hydrogen-bond acceptors (Lipinski definition) is 7. The molecule has 0 aliphatic rings. The predicted octanol–water partition coefficient (Wildman–Crippen LogP) is 3.85. The summed E-state index contributed by atoms with van der Waals surface area (Å²) >= 11 is 7.00. The van der Waals surface area contributed by atoms with Crippen molar-refractivity contribution in [2.24, 2.45) is 0 Å². The van der Waals surface area contributed by atoms with Gasteiger partial charge in [0, 0.05) is 15.8 Å². The van der Waals surface area contributed by atoms with Gasteiger partial charge in [0.1, 0.15) is 5.00 Å². The molecule has 0 atom stereocenters. The van der Waals surface area contributed by atoms with E-state index in [4.69, 9.17) is 21.1 Å². The second-order valence-electron chi connectivity index (χ2n) is 5.46. The van der Waals surface area contributed by atoms with Gasteiger partial charge in [-0.1, -0.05) is 11.6 Å². The van der Waals surface area contributed by atoms with Crippen LogP contribution in [-0.2, 0) is 9.47 Å². The van der Waals surface area contributed by atoms with E-state index in [0.29, 0.717) is 16.1 Å². The molecule has 1 N–H and O–H groups in total. The zero-order chi connectivity index (χ0) is 20.3. The van der Waals surface area contributed by atoms with Crippen molar-refractivity contribution >= 4 is 50.8 Å². The fourth-order valence-electron chi connectivity index (χ4n) is 2.51. The number of carbonyl (C=O) groups is 2. The second kappa shape index (κ2) is 8.41. The molecular weight excluding hydrogens is 406 g/mol. The summed E-state index contributed by atoms with van der Waals surface area (Å²) in [4.78, 5) is 37.3. The molecule has 0 radical (unpaired) electrons. The van der Waals surface area contributed by atoms with Crippen LogP contribution in [0.15, 0.2) is 34.4 Å². The summed E-state index contributed by atoms with van der Waals surface area (Å²) in [6.07, 6.45) is -0.696. The predicted molar refractivity (Wildman–Crippen MR) is 107 cm³/mol. The average molecular weight is 422 g/mol. The van der Waals surface area contributed by atoms with Crippen LogP contribution in [0.3, 0.4) is 0 Å². The average Bonchev–Trinajstić information content (AvgIpc) is 3.07. The lowest BCUT2D eigenvalue weighted by atomic mass is 10.2. The Morgan fingerprint density at radius 1 is 1.18 bits per heavy atom. The van der Waals surface area contributed by atoms with Crippen LogP contribution in [0, 0.1) is 0 Å². The molecule has 8 nitrogen and oxygen atoms in total. The topological polar surface area (TPSA) is 99.5 Å². The number of anilines is 1. The van der Waals surface area contributed by atoms with E-state index in [2.05, 4.69) is 10.4 Å². The Kier molecular flexibility index (Phi) is 5.96. The summed E-state index contributed by atoms with van der Waals surface area (Å²) in [7, 11) is 0.